The molecule has 0 spiro atoms. The normalized spacial score (nSPS) is 41.0. The van der Waals surface area contributed by atoms with Gasteiger partial charge in [-0.3, -0.25) is 0 Å². The molecule has 0 amide bonds. The summed E-state index contributed by atoms with van der Waals surface area (Å²) >= 11 is 0. The molecule has 0 aromatic heterocycles. The smallest absolute Gasteiger partial charge is 0.655 e. The third kappa shape index (κ3) is 1.32. The molecule has 0 saturated carbocycles. The number of fused-ring (bicyclic) bond motifs is 2. The SMILES string of the molecule is CN1CC2CC(C1)[N-]2.[V+2]. The summed E-state index contributed by atoms with van der Waals surface area (Å²) in [6.07, 6.45) is 1.37. The van der Waals surface area contributed by atoms with Crippen LogP contribution in [0.4, 0.5) is 0 Å². The van der Waals surface area contributed by atoms with E-state index in [9.17, 15) is 0 Å². The van der Waals surface area contributed by atoms with Gasteiger partial charge < -0.3 is 10.2 Å². The number of hydrogen-bond donors (Lipinski definition) is 0. The number of likely N-dealkylation sites (N-methyl/N-ethyl adjacent to an activating group) is 1. The quantitative estimate of drug-likeness (QED) is 0.505. The van der Waals surface area contributed by atoms with Crippen LogP contribution in [0, 0.1) is 0 Å². The van der Waals surface area contributed by atoms with E-state index in [4.69, 9.17) is 0 Å². The minimum Gasteiger partial charge on any atom is -0.655 e. The summed E-state index contributed by atoms with van der Waals surface area (Å²) in [5, 5.41) is 4.44. The molecule has 0 N–H and O–H groups in total. The van der Waals surface area contributed by atoms with Crippen LogP contribution in [0.3, 0.4) is 0 Å². The van der Waals surface area contributed by atoms with Crippen molar-refractivity contribution in [1.82, 2.24) is 4.90 Å². The van der Waals surface area contributed by atoms with E-state index < -0.39 is 0 Å². The Balaban J connectivity index is 0.000000405. The van der Waals surface area contributed by atoms with Gasteiger partial charge in [0.25, 0.3) is 0 Å². The molecule has 9 heavy (non-hydrogen) atoms. The van der Waals surface area contributed by atoms with Gasteiger partial charge in [0.15, 0.2) is 0 Å². The fraction of sp³-hybridized carbons (Fsp3) is 1.00. The summed E-state index contributed by atoms with van der Waals surface area (Å²) < 4.78 is 0. The summed E-state index contributed by atoms with van der Waals surface area (Å²) in [6.45, 7) is 2.41. The third-order valence-corrected chi connectivity index (χ3v) is 2.01. The average molecular weight is 162 g/mol. The van der Waals surface area contributed by atoms with Gasteiger partial charge in [0.1, 0.15) is 0 Å². The molecule has 3 aliphatic heterocycles. The maximum absolute atomic E-state index is 4.44. The van der Waals surface area contributed by atoms with Gasteiger partial charge >= 0.3 is 18.6 Å². The van der Waals surface area contributed by atoms with Crippen LogP contribution in [-0.4, -0.2) is 37.1 Å². The second kappa shape index (κ2) is 2.63. The number of piperidine rings is 1. The molecule has 0 aliphatic carbocycles. The predicted octanol–water partition coefficient (Wildman–Crippen LogP) is 0.444. The second-order valence-corrected chi connectivity index (χ2v) is 2.91. The molecule has 0 aromatic rings. The molecule has 2 nitrogen and oxygen atoms in total. The number of rotatable bonds is 0. The van der Waals surface area contributed by atoms with Crippen LogP contribution >= 0.6 is 0 Å². The molecule has 3 heterocycles. The molecule has 2 unspecified atom stereocenters. The van der Waals surface area contributed by atoms with Crippen molar-refractivity contribution < 1.29 is 18.6 Å². The van der Waals surface area contributed by atoms with Crippen molar-refractivity contribution in [3.63, 3.8) is 0 Å². The van der Waals surface area contributed by atoms with E-state index in [2.05, 4.69) is 17.3 Å². The second-order valence-electron chi connectivity index (χ2n) is 2.91. The zero-order valence-electron chi connectivity index (χ0n) is 5.62. The van der Waals surface area contributed by atoms with Gasteiger partial charge in [0.05, 0.1) is 0 Å². The van der Waals surface area contributed by atoms with E-state index in [-0.39, 0.29) is 18.6 Å². The Bertz CT molecular complexity index is 91.2. The molecule has 49 valence electrons. The van der Waals surface area contributed by atoms with Gasteiger partial charge in [0, 0.05) is 0 Å². The molecular formula is C6H11N2V+. The first kappa shape index (κ1) is 7.61. The van der Waals surface area contributed by atoms with Crippen LogP contribution in [0.25, 0.3) is 5.32 Å². The zero-order chi connectivity index (χ0) is 5.56. The van der Waals surface area contributed by atoms with Gasteiger partial charge in [-0.1, -0.05) is 6.42 Å². The summed E-state index contributed by atoms with van der Waals surface area (Å²) in [5.74, 6) is 0. The van der Waals surface area contributed by atoms with Gasteiger partial charge in [0.2, 0.25) is 0 Å². The average Bonchev–Trinajstić information content (AvgIpc) is 1.62. The van der Waals surface area contributed by atoms with Crippen molar-refractivity contribution in [2.45, 2.75) is 18.5 Å². The maximum atomic E-state index is 4.44. The first-order valence-corrected chi connectivity index (χ1v) is 3.23. The van der Waals surface area contributed by atoms with Crippen LogP contribution in [0.1, 0.15) is 6.42 Å². The third-order valence-electron chi connectivity index (χ3n) is 2.01. The summed E-state index contributed by atoms with van der Waals surface area (Å²) in [6, 6.07) is 1.41. The van der Waals surface area contributed by atoms with Crippen LogP contribution < -0.4 is 0 Å². The first-order valence-electron chi connectivity index (χ1n) is 3.23. The van der Waals surface area contributed by atoms with Crippen molar-refractivity contribution in [2.24, 2.45) is 0 Å². The molecule has 2 atom stereocenters. The Labute approximate surface area is 67.9 Å². The fourth-order valence-corrected chi connectivity index (χ4v) is 1.63. The molecule has 3 aliphatic rings. The van der Waals surface area contributed by atoms with Crippen molar-refractivity contribution in [2.75, 3.05) is 20.1 Å². The van der Waals surface area contributed by atoms with E-state index in [1.807, 2.05) is 0 Å². The van der Waals surface area contributed by atoms with Gasteiger partial charge in [-0.15, -0.1) is 12.1 Å². The van der Waals surface area contributed by atoms with E-state index in [0.29, 0.717) is 12.1 Å². The van der Waals surface area contributed by atoms with Crippen LogP contribution in [0.2, 0.25) is 0 Å². The summed E-state index contributed by atoms with van der Waals surface area (Å²) in [7, 11) is 2.17. The van der Waals surface area contributed by atoms with Crippen molar-refractivity contribution in [1.29, 1.82) is 0 Å². The summed E-state index contributed by atoms with van der Waals surface area (Å²) in [4.78, 5) is 2.37. The van der Waals surface area contributed by atoms with E-state index in [1.54, 1.807) is 0 Å². The Morgan fingerprint density at radius 3 is 2.00 bits per heavy atom. The Hall–Kier alpha value is 0.504. The molecule has 0 aromatic carbocycles. The predicted molar refractivity (Wildman–Crippen MR) is 33.0 cm³/mol. The summed E-state index contributed by atoms with van der Waals surface area (Å²) in [5.41, 5.74) is 0. The van der Waals surface area contributed by atoms with Crippen molar-refractivity contribution >= 4 is 0 Å². The first-order chi connectivity index (χ1) is 3.84. The van der Waals surface area contributed by atoms with E-state index in [1.165, 1.54) is 19.5 Å². The zero-order valence-corrected chi connectivity index (χ0v) is 7.01. The van der Waals surface area contributed by atoms with E-state index in [0.717, 1.165) is 0 Å². The van der Waals surface area contributed by atoms with Gasteiger partial charge in [-0.2, -0.15) is 0 Å². The number of piperazine rings is 1. The van der Waals surface area contributed by atoms with Crippen LogP contribution in [0.5, 0.6) is 0 Å². The Morgan fingerprint density at radius 1 is 1.33 bits per heavy atom. The number of nitrogens with zero attached hydrogens (tertiary/aromatic N) is 2. The Kier molecular flexibility index (Phi) is 2.22. The molecule has 3 heteroatoms. The molecule has 2 bridgehead atoms. The topological polar surface area (TPSA) is 17.3 Å². The largest absolute Gasteiger partial charge is 2.00 e. The molecule has 1 radical (unpaired) electrons. The Morgan fingerprint density at radius 2 is 1.78 bits per heavy atom. The van der Waals surface area contributed by atoms with Crippen molar-refractivity contribution in [3.8, 4) is 0 Å². The minimum absolute atomic E-state index is 0. The molecule has 3 saturated heterocycles. The van der Waals surface area contributed by atoms with E-state index >= 15 is 0 Å². The number of hydrogen-bond acceptors (Lipinski definition) is 1. The fourth-order valence-electron chi connectivity index (χ4n) is 1.63. The maximum Gasteiger partial charge on any atom is 2.00 e. The van der Waals surface area contributed by atoms with Gasteiger partial charge in [-0.25, -0.2) is 0 Å². The monoisotopic (exact) mass is 162 g/mol. The molecule has 3 fully saturated rings. The standard InChI is InChI=1S/C6H11N2.V/c1-8-3-5-2-6(4-8)7-5;/h5-6H,2-4H2,1H3;/q-1;+2. The molecular weight excluding hydrogens is 151 g/mol. The van der Waals surface area contributed by atoms with Crippen LogP contribution in [0.15, 0.2) is 0 Å². The van der Waals surface area contributed by atoms with Crippen molar-refractivity contribution in [3.05, 3.63) is 5.32 Å². The minimum atomic E-state index is 0. The van der Waals surface area contributed by atoms with Crippen LogP contribution in [-0.2, 0) is 18.6 Å². The van der Waals surface area contributed by atoms with Gasteiger partial charge in [-0.05, 0) is 20.1 Å². The molecule has 3 rings (SSSR count).